The smallest absolute Gasteiger partial charge is 0.338 e. The van der Waals surface area contributed by atoms with Crippen LogP contribution in [0.5, 0.6) is 11.5 Å². The van der Waals surface area contributed by atoms with Crippen molar-refractivity contribution in [2.75, 3.05) is 0 Å². The second kappa shape index (κ2) is 9.58. The van der Waals surface area contributed by atoms with Gasteiger partial charge in [-0.25, -0.2) is 9.59 Å². The predicted octanol–water partition coefficient (Wildman–Crippen LogP) is 6.75. The van der Waals surface area contributed by atoms with Gasteiger partial charge >= 0.3 is 11.9 Å². The topological polar surface area (TPSA) is 52.6 Å². The average molecular weight is 477 g/mol. The van der Waals surface area contributed by atoms with E-state index in [-0.39, 0.29) is 0 Å². The maximum absolute atomic E-state index is 12.1. The van der Waals surface area contributed by atoms with Crippen molar-refractivity contribution < 1.29 is 19.1 Å². The molecule has 0 aromatic heterocycles. The number of ether oxygens (including phenoxy) is 2. The summed E-state index contributed by atoms with van der Waals surface area (Å²) >= 11 is 3.44. The first-order valence-electron chi connectivity index (χ1n) is 9.50. The van der Waals surface area contributed by atoms with E-state index >= 15 is 0 Å². The van der Waals surface area contributed by atoms with Crippen molar-refractivity contribution in [2.24, 2.45) is 0 Å². The minimum Gasteiger partial charge on any atom is -0.423 e. The van der Waals surface area contributed by atoms with E-state index in [1.54, 1.807) is 32.0 Å². The van der Waals surface area contributed by atoms with E-state index in [1.807, 2.05) is 48.5 Å². The number of halogens is 1. The van der Waals surface area contributed by atoms with Crippen LogP contribution in [0.4, 0.5) is 0 Å². The number of carbonyl (C=O) groups excluding carboxylic acids is 2. The van der Waals surface area contributed by atoms with Crippen molar-refractivity contribution in [1.29, 1.82) is 0 Å². The molecule has 0 N–H and O–H groups in total. The lowest BCUT2D eigenvalue weighted by Gasteiger charge is -2.13. The second-order valence-electron chi connectivity index (χ2n) is 7.08. The lowest BCUT2D eigenvalue weighted by molar-refractivity contribution is -0.130. The summed E-state index contributed by atoms with van der Waals surface area (Å²) in [4.78, 5) is 23.8. The highest BCUT2D eigenvalue weighted by Crippen LogP contribution is 2.36. The molecule has 0 heterocycles. The molecule has 0 saturated carbocycles. The molecule has 31 heavy (non-hydrogen) atoms. The van der Waals surface area contributed by atoms with Crippen LogP contribution in [-0.4, -0.2) is 11.9 Å². The third-order valence-electron chi connectivity index (χ3n) is 4.43. The molecule has 0 saturated heterocycles. The summed E-state index contributed by atoms with van der Waals surface area (Å²) in [5.41, 5.74) is 4.19. The second-order valence-corrected chi connectivity index (χ2v) is 8.00. The molecule has 0 spiro atoms. The van der Waals surface area contributed by atoms with Crippen LogP contribution in [0, 0.1) is 0 Å². The third kappa shape index (κ3) is 5.58. The lowest BCUT2D eigenvalue weighted by Crippen LogP contribution is -2.09. The fraction of sp³-hybridized carbons (Fsp3) is 0.0769. The zero-order chi connectivity index (χ0) is 22.5. The third-order valence-corrected chi connectivity index (χ3v) is 4.96. The van der Waals surface area contributed by atoms with Gasteiger partial charge in [-0.3, -0.25) is 0 Å². The van der Waals surface area contributed by atoms with Gasteiger partial charge in [0.15, 0.2) is 0 Å². The van der Waals surface area contributed by atoms with Crippen molar-refractivity contribution in [3.05, 3.63) is 95.5 Å². The van der Waals surface area contributed by atoms with E-state index in [0.29, 0.717) is 22.6 Å². The van der Waals surface area contributed by atoms with Gasteiger partial charge in [-0.1, -0.05) is 59.4 Å². The monoisotopic (exact) mass is 476 g/mol. The number of benzene rings is 3. The van der Waals surface area contributed by atoms with Crippen molar-refractivity contribution in [3.8, 4) is 33.8 Å². The molecule has 0 bridgehead atoms. The van der Waals surface area contributed by atoms with E-state index < -0.39 is 11.9 Å². The number of rotatable bonds is 6. The Kier molecular flexibility index (Phi) is 6.88. The molecule has 0 aliphatic heterocycles. The van der Waals surface area contributed by atoms with Gasteiger partial charge in [0, 0.05) is 21.2 Å². The zero-order valence-corrected chi connectivity index (χ0v) is 18.9. The van der Waals surface area contributed by atoms with Crippen LogP contribution in [0.2, 0.25) is 0 Å². The predicted molar refractivity (Wildman–Crippen MR) is 126 cm³/mol. The van der Waals surface area contributed by atoms with Crippen LogP contribution in [0.15, 0.2) is 95.5 Å². The molecule has 0 aliphatic carbocycles. The highest BCUT2D eigenvalue weighted by Gasteiger charge is 2.14. The first-order chi connectivity index (χ1) is 14.7. The molecule has 5 heteroatoms. The zero-order valence-electron chi connectivity index (χ0n) is 17.3. The Labute approximate surface area is 190 Å². The molecular weight excluding hydrogens is 456 g/mol. The molecule has 0 amide bonds. The van der Waals surface area contributed by atoms with E-state index in [9.17, 15) is 9.59 Å². The maximum atomic E-state index is 12.1. The summed E-state index contributed by atoms with van der Waals surface area (Å²) < 4.78 is 11.8. The number of hydrogen-bond acceptors (Lipinski definition) is 4. The Morgan fingerprint density at radius 2 is 1.23 bits per heavy atom. The van der Waals surface area contributed by atoms with Gasteiger partial charge in [0.05, 0.1) is 0 Å². The Morgan fingerprint density at radius 3 is 1.81 bits per heavy atom. The summed E-state index contributed by atoms with van der Waals surface area (Å²) in [5.74, 6) is -0.0493. The Balaban J connectivity index is 1.98. The summed E-state index contributed by atoms with van der Waals surface area (Å²) in [6.45, 7) is 10.4. The summed E-state index contributed by atoms with van der Waals surface area (Å²) in [6, 6.07) is 20.5. The van der Waals surface area contributed by atoms with Crippen LogP contribution in [0.3, 0.4) is 0 Å². The normalized spacial score (nSPS) is 10.3. The van der Waals surface area contributed by atoms with Crippen molar-refractivity contribution >= 4 is 27.9 Å². The summed E-state index contributed by atoms with van der Waals surface area (Å²) in [5, 5.41) is 0. The highest BCUT2D eigenvalue weighted by molar-refractivity contribution is 9.10. The Hall–Kier alpha value is -3.44. The van der Waals surface area contributed by atoms with Gasteiger partial charge in [-0.2, -0.15) is 0 Å². The number of hydrogen-bond donors (Lipinski definition) is 0. The minimum atomic E-state index is -0.477. The van der Waals surface area contributed by atoms with Gasteiger partial charge in [0.25, 0.3) is 0 Å². The number of carbonyl (C=O) groups is 2. The van der Waals surface area contributed by atoms with E-state index in [0.717, 1.165) is 26.7 Å². The fourth-order valence-corrected chi connectivity index (χ4v) is 3.01. The summed E-state index contributed by atoms with van der Waals surface area (Å²) in [6.07, 6.45) is 0. The van der Waals surface area contributed by atoms with Gasteiger partial charge in [-0.05, 0) is 66.9 Å². The van der Waals surface area contributed by atoms with Crippen molar-refractivity contribution in [2.45, 2.75) is 13.8 Å². The highest BCUT2D eigenvalue weighted by atomic mass is 79.9. The van der Waals surface area contributed by atoms with E-state index in [2.05, 4.69) is 29.1 Å². The average Bonchev–Trinajstić information content (AvgIpc) is 2.75. The fourth-order valence-electron chi connectivity index (χ4n) is 2.75. The Morgan fingerprint density at radius 1 is 0.710 bits per heavy atom. The van der Waals surface area contributed by atoms with Crippen LogP contribution >= 0.6 is 15.9 Å². The molecule has 3 aromatic carbocycles. The van der Waals surface area contributed by atoms with Gasteiger partial charge < -0.3 is 9.47 Å². The molecular formula is C26H21BrO4. The van der Waals surface area contributed by atoms with Crippen LogP contribution in [0.1, 0.15) is 13.8 Å². The van der Waals surface area contributed by atoms with Crippen LogP contribution in [-0.2, 0) is 9.59 Å². The SMILES string of the molecule is C=C(C)C(=O)Oc1ccc(-c2ccc(OC(=O)C(=C)C)c(-c3ccc(Br)cc3)c2)cc1. The first kappa shape index (κ1) is 22.2. The van der Waals surface area contributed by atoms with E-state index in [1.165, 1.54) is 0 Å². The first-order valence-corrected chi connectivity index (χ1v) is 10.3. The van der Waals surface area contributed by atoms with Crippen LogP contribution in [0.25, 0.3) is 22.3 Å². The molecule has 3 aromatic rings. The standard InChI is InChI=1S/C26H21BrO4/c1-16(2)25(28)30-22-12-7-18(8-13-22)20-9-14-24(31-26(29)17(3)4)23(15-20)19-5-10-21(27)11-6-19/h5-15H,1,3H2,2,4H3. The van der Waals surface area contributed by atoms with E-state index in [4.69, 9.17) is 9.47 Å². The molecule has 3 rings (SSSR count). The minimum absolute atomic E-state index is 0.325. The van der Waals surface area contributed by atoms with Crippen molar-refractivity contribution in [3.63, 3.8) is 0 Å². The van der Waals surface area contributed by atoms with Crippen LogP contribution < -0.4 is 9.47 Å². The lowest BCUT2D eigenvalue weighted by atomic mass is 9.98. The molecule has 156 valence electrons. The maximum Gasteiger partial charge on any atom is 0.338 e. The molecule has 0 atom stereocenters. The molecule has 0 radical (unpaired) electrons. The summed E-state index contributed by atoms with van der Waals surface area (Å²) in [7, 11) is 0. The number of esters is 2. The molecule has 0 unspecified atom stereocenters. The van der Waals surface area contributed by atoms with Gasteiger partial charge in [0.2, 0.25) is 0 Å². The molecule has 0 fully saturated rings. The van der Waals surface area contributed by atoms with Gasteiger partial charge in [-0.15, -0.1) is 0 Å². The van der Waals surface area contributed by atoms with Gasteiger partial charge in [0.1, 0.15) is 11.5 Å². The quantitative estimate of drug-likeness (QED) is 0.224. The van der Waals surface area contributed by atoms with Crippen molar-refractivity contribution in [1.82, 2.24) is 0 Å². The Bertz CT molecular complexity index is 1160. The molecule has 0 aliphatic rings. The molecule has 4 nitrogen and oxygen atoms in total. The largest absolute Gasteiger partial charge is 0.423 e.